The molecule has 1 aromatic carbocycles. The van der Waals surface area contributed by atoms with Crippen LogP contribution < -0.4 is 10.0 Å². The number of hydrogen-bond acceptors (Lipinski definition) is 4. The summed E-state index contributed by atoms with van der Waals surface area (Å²) in [5.74, 6) is -0.503. The van der Waals surface area contributed by atoms with Crippen molar-refractivity contribution in [1.82, 2.24) is 10.0 Å². The molecule has 0 radical (unpaired) electrons. The van der Waals surface area contributed by atoms with Gasteiger partial charge in [-0.05, 0) is 37.1 Å². The van der Waals surface area contributed by atoms with Gasteiger partial charge in [-0.1, -0.05) is 30.9 Å². The quantitative estimate of drug-likeness (QED) is 0.715. The van der Waals surface area contributed by atoms with E-state index in [0.717, 1.165) is 32.1 Å². The molecule has 3 N–H and O–H groups in total. The van der Waals surface area contributed by atoms with Crippen LogP contribution >= 0.6 is 11.6 Å². The van der Waals surface area contributed by atoms with Gasteiger partial charge in [-0.3, -0.25) is 4.79 Å². The molecule has 0 spiro atoms. The average Bonchev–Trinajstić information content (AvgIpc) is 2.54. The summed E-state index contributed by atoms with van der Waals surface area (Å²) in [6.07, 6.45) is 5.01. The maximum atomic E-state index is 12.3. The van der Waals surface area contributed by atoms with Crippen molar-refractivity contribution in [2.45, 2.75) is 49.1 Å². The van der Waals surface area contributed by atoms with Gasteiger partial charge < -0.3 is 10.4 Å². The van der Waals surface area contributed by atoms with E-state index in [9.17, 15) is 18.3 Å². The zero-order chi connectivity index (χ0) is 16.9. The maximum absolute atomic E-state index is 12.3. The fraction of sp³-hybridized carbons (Fsp3) is 0.533. The Morgan fingerprint density at radius 1 is 1.22 bits per heavy atom. The van der Waals surface area contributed by atoms with Gasteiger partial charge in [-0.2, -0.15) is 4.72 Å². The van der Waals surface area contributed by atoms with Crippen molar-refractivity contribution >= 4 is 27.5 Å². The predicted molar refractivity (Wildman–Crippen MR) is 87.7 cm³/mol. The minimum atomic E-state index is -3.90. The number of halogens is 1. The van der Waals surface area contributed by atoms with Gasteiger partial charge in [0.1, 0.15) is 6.04 Å². The summed E-state index contributed by atoms with van der Waals surface area (Å²) in [6.45, 7) is -0.606. The number of rotatable bonds is 6. The first kappa shape index (κ1) is 18.2. The average molecular weight is 361 g/mol. The van der Waals surface area contributed by atoms with Gasteiger partial charge in [-0.15, -0.1) is 0 Å². The molecule has 0 heterocycles. The van der Waals surface area contributed by atoms with Gasteiger partial charge in [0.25, 0.3) is 0 Å². The number of benzene rings is 1. The molecule has 1 aromatic rings. The fourth-order valence-electron chi connectivity index (χ4n) is 2.59. The summed E-state index contributed by atoms with van der Waals surface area (Å²) in [4.78, 5) is 12.2. The predicted octanol–water partition coefficient (Wildman–Crippen LogP) is 1.43. The van der Waals surface area contributed by atoms with E-state index in [1.54, 1.807) is 0 Å². The smallest absolute Gasteiger partial charge is 0.241 e. The Labute approximate surface area is 141 Å². The second kappa shape index (κ2) is 8.10. The number of carbonyl (C=O) groups excluding carboxylic acids is 1. The third kappa shape index (κ3) is 5.17. The highest BCUT2D eigenvalue weighted by Gasteiger charge is 2.27. The summed E-state index contributed by atoms with van der Waals surface area (Å²) >= 11 is 5.73. The van der Waals surface area contributed by atoms with Crippen LogP contribution in [0.5, 0.6) is 0 Å². The molecule has 128 valence electrons. The van der Waals surface area contributed by atoms with E-state index < -0.39 is 28.6 Å². The molecule has 1 fully saturated rings. The minimum absolute atomic E-state index is 0.00850. The molecule has 1 atom stereocenters. The van der Waals surface area contributed by atoms with Crippen molar-refractivity contribution in [3.8, 4) is 0 Å². The molecule has 23 heavy (non-hydrogen) atoms. The standard InChI is InChI=1S/C15H21ClN2O4S/c16-11-6-8-13(9-7-11)23(21,22)18-14(10-19)15(20)17-12-4-2-1-3-5-12/h6-9,12,14,18-19H,1-5,10H2,(H,17,20)/t14-/m0/s1. The number of amides is 1. The number of nitrogens with one attached hydrogen (secondary N) is 2. The third-order valence-electron chi connectivity index (χ3n) is 3.87. The normalized spacial score (nSPS) is 17.7. The summed E-state index contributed by atoms with van der Waals surface area (Å²) < 4.78 is 26.8. The van der Waals surface area contributed by atoms with Crippen LogP contribution in [-0.2, 0) is 14.8 Å². The van der Waals surface area contributed by atoms with E-state index in [1.807, 2.05) is 0 Å². The van der Waals surface area contributed by atoms with Crippen molar-refractivity contribution in [2.75, 3.05) is 6.61 Å². The zero-order valence-corrected chi connectivity index (χ0v) is 14.2. The number of aliphatic hydroxyl groups is 1. The van der Waals surface area contributed by atoms with E-state index in [4.69, 9.17) is 11.6 Å². The Morgan fingerprint density at radius 2 is 1.83 bits per heavy atom. The van der Waals surface area contributed by atoms with E-state index in [2.05, 4.69) is 10.0 Å². The Morgan fingerprint density at radius 3 is 2.39 bits per heavy atom. The van der Waals surface area contributed by atoms with E-state index >= 15 is 0 Å². The minimum Gasteiger partial charge on any atom is -0.394 e. The van der Waals surface area contributed by atoms with Crippen LogP contribution in [0.15, 0.2) is 29.2 Å². The van der Waals surface area contributed by atoms with Crippen molar-refractivity contribution in [3.63, 3.8) is 0 Å². The van der Waals surface area contributed by atoms with Crippen LogP contribution in [0, 0.1) is 0 Å². The molecule has 2 rings (SSSR count). The molecular weight excluding hydrogens is 340 g/mol. The second-order valence-corrected chi connectivity index (χ2v) is 7.80. The molecular formula is C15H21ClN2O4S. The van der Waals surface area contributed by atoms with Crippen LogP contribution in [0.25, 0.3) is 0 Å². The molecule has 1 saturated carbocycles. The van der Waals surface area contributed by atoms with Crippen LogP contribution in [0.1, 0.15) is 32.1 Å². The molecule has 0 saturated heterocycles. The summed E-state index contributed by atoms with van der Waals surface area (Å²) in [5.41, 5.74) is 0. The number of sulfonamides is 1. The van der Waals surface area contributed by atoms with Gasteiger partial charge in [0, 0.05) is 11.1 Å². The molecule has 1 aliphatic rings. The molecule has 0 aromatic heterocycles. The third-order valence-corrected chi connectivity index (χ3v) is 5.61. The van der Waals surface area contributed by atoms with Crippen LogP contribution in [0.3, 0.4) is 0 Å². The lowest BCUT2D eigenvalue weighted by Crippen LogP contribution is -2.51. The Kier molecular flexibility index (Phi) is 6.41. The summed E-state index contributed by atoms with van der Waals surface area (Å²) in [7, 11) is -3.90. The van der Waals surface area contributed by atoms with Gasteiger partial charge >= 0.3 is 0 Å². The highest BCUT2D eigenvalue weighted by atomic mass is 35.5. The van der Waals surface area contributed by atoms with Crippen LogP contribution in [-0.4, -0.2) is 38.1 Å². The Hall–Kier alpha value is -1.15. The number of hydrogen-bond donors (Lipinski definition) is 3. The van der Waals surface area contributed by atoms with Gasteiger partial charge in [0.15, 0.2) is 0 Å². The lowest BCUT2D eigenvalue weighted by Gasteiger charge is -2.25. The summed E-state index contributed by atoms with van der Waals surface area (Å²) in [6, 6.07) is 4.43. The van der Waals surface area contributed by atoms with Crippen LogP contribution in [0.2, 0.25) is 5.02 Å². The van der Waals surface area contributed by atoms with Crippen molar-refractivity contribution in [1.29, 1.82) is 0 Å². The fourth-order valence-corrected chi connectivity index (χ4v) is 3.90. The Bertz CT molecular complexity index is 627. The van der Waals surface area contributed by atoms with E-state index in [0.29, 0.717) is 5.02 Å². The molecule has 8 heteroatoms. The lowest BCUT2D eigenvalue weighted by atomic mass is 9.95. The molecule has 0 unspecified atom stereocenters. The largest absolute Gasteiger partial charge is 0.394 e. The van der Waals surface area contributed by atoms with Crippen molar-refractivity contribution < 1.29 is 18.3 Å². The topological polar surface area (TPSA) is 95.5 Å². The first-order valence-electron chi connectivity index (χ1n) is 7.61. The first-order valence-corrected chi connectivity index (χ1v) is 9.47. The highest BCUT2D eigenvalue weighted by molar-refractivity contribution is 7.89. The van der Waals surface area contributed by atoms with Crippen molar-refractivity contribution in [3.05, 3.63) is 29.3 Å². The number of aliphatic hydroxyl groups excluding tert-OH is 1. The van der Waals surface area contributed by atoms with E-state index in [-0.39, 0.29) is 10.9 Å². The summed E-state index contributed by atoms with van der Waals surface area (Å²) in [5, 5.41) is 12.6. The van der Waals surface area contributed by atoms with Gasteiger partial charge in [0.05, 0.1) is 11.5 Å². The van der Waals surface area contributed by atoms with E-state index in [1.165, 1.54) is 24.3 Å². The Balaban J connectivity index is 2.02. The first-order chi connectivity index (χ1) is 10.9. The highest BCUT2D eigenvalue weighted by Crippen LogP contribution is 2.18. The lowest BCUT2D eigenvalue weighted by molar-refractivity contribution is -0.124. The molecule has 1 amide bonds. The second-order valence-electron chi connectivity index (χ2n) is 5.65. The van der Waals surface area contributed by atoms with Crippen LogP contribution in [0.4, 0.5) is 0 Å². The molecule has 0 bridgehead atoms. The monoisotopic (exact) mass is 360 g/mol. The maximum Gasteiger partial charge on any atom is 0.241 e. The number of carbonyl (C=O) groups is 1. The van der Waals surface area contributed by atoms with Gasteiger partial charge in [-0.25, -0.2) is 8.42 Å². The zero-order valence-electron chi connectivity index (χ0n) is 12.7. The van der Waals surface area contributed by atoms with Crippen molar-refractivity contribution in [2.24, 2.45) is 0 Å². The molecule has 6 nitrogen and oxygen atoms in total. The molecule has 1 aliphatic carbocycles. The molecule has 0 aliphatic heterocycles. The van der Waals surface area contributed by atoms with Gasteiger partial charge in [0.2, 0.25) is 15.9 Å². The SMILES string of the molecule is O=C(NC1CCCCC1)[C@H](CO)NS(=O)(=O)c1ccc(Cl)cc1.